The minimum absolute atomic E-state index is 0.249. The molecule has 0 saturated heterocycles. The number of aryl methyl sites for hydroxylation is 2. The molecule has 0 radical (unpaired) electrons. The minimum atomic E-state index is -0.249. The lowest BCUT2D eigenvalue weighted by molar-refractivity contribution is 0.116. The summed E-state index contributed by atoms with van der Waals surface area (Å²) < 4.78 is 5.62. The molecule has 2 rings (SSSR count). The van der Waals surface area contributed by atoms with E-state index < -0.39 is 0 Å². The lowest BCUT2D eigenvalue weighted by Crippen LogP contribution is -2.15. The van der Waals surface area contributed by atoms with Crippen LogP contribution in [0.1, 0.15) is 56.7 Å². The van der Waals surface area contributed by atoms with Crippen LogP contribution < -0.4 is 4.74 Å². The highest BCUT2D eigenvalue weighted by Crippen LogP contribution is 2.34. The summed E-state index contributed by atoms with van der Waals surface area (Å²) in [5.74, 6) is 1.69. The van der Waals surface area contributed by atoms with Gasteiger partial charge in [0, 0.05) is 0 Å². The first-order valence-electron chi connectivity index (χ1n) is 8.63. The van der Waals surface area contributed by atoms with Gasteiger partial charge in [-0.3, -0.25) is 0 Å². The van der Waals surface area contributed by atoms with Crippen LogP contribution in [0, 0.1) is 12.8 Å². The minimum Gasteiger partial charge on any atom is -0.496 e. The van der Waals surface area contributed by atoms with Crippen LogP contribution in [-0.4, -0.2) is 18.3 Å². The molecule has 23 heavy (non-hydrogen) atoms. The van der Waals surface area contributed by atoms with E-state index in [9.17, 15) is 5.11 Å². The van der Waals surface area contributed by atoms with Crippen LogP contribution in [0.15, 0.2) is 24.3 Å². The van der Waals surface area contributed by atoms with Crippen molar-refractivity contribution in [2.75, 3.05) is 7.11 Å². The Bertz CT molecular complexity index is 671. The summed E-state index contributed by atoms with van der Waals surface area (Å²) in [5.41, 5.74) is 3.86. The van der Waals surface area contributed by atoms with E-state index in [0.29, 0.717) is 11.8 Å². The quantitative estimate of drug-likeness (QED) is 0.791. The Kier molecular flexibility index (Phi) is 5.69. The molecule has 2 heteroatoms. The summed E-state index contributed by atoms with van der Waals surface area (Å²) >= 11 is 0. The van der Waals surface area contributed by atoms with Crippen molar-refractivity contribution in [3.8, 4) is 5.75 Å². The van der Waals surface area contributed by atoms with Gasteiger partial charge in [-0.25, -0.2) is 0 Å². The fourth-order valence-corrected chi connectivity index (χ4v) is 3.13. The Labute approximate surface area is 140 Å². The number of aliphatic hydroxyl groups is 1. The van der Waals surface area contributed by atoms with E-state index in [-0.39, 0.29) is 6.10 Å². The van der Waals surface area contributed by atoms with Crippen molar-refractivity contribution in [1.82, 2.24) is 0 Å². The van der Waals surface area contributed by atoms with E-state index in [2.05, 4.69) is 58.9 Å². The summed E-state index contributed by atoms with van der Waals surface area (Å²) in [5, 5.41) is 12.7. The third kappa shape index (κ3) is 3.87. The second-order valence-corrected chi connectivity index (χ2v) is 7.18. The number of ether oxygens (including phenoxy) is 1. The Hall–Kier alpha value is -1.54. The van der Waals surface area contributed by atoms with Crippen molar-refractivity contribution in [1.29, 1.82) is 0 Å². The highest BCUT2D eigenvalue weighted by molar-refractivity contribution is 5.89. The van der Waals surface area contributed by atoms with Gasteiger partial charge in [0.2, 0.25) is 0 Å². The largest absolute Gasteiger partial charge is 0.496 e. The number of rotatable bonds is 6. The molecule has 0 spiro atoms. The maximum Gasteiger partial charge on any atom is 0.122 e. The predicted molar refractivity (Wildman–Crippen MR) is 98.5 cm³/mol. The van der Waals surface area contributed by atoms with Crippen LogP contribution in [0.25, 0.3) is 10.8 Å². The lowest BCUT2D eigenvalue weighted by atomic mass is 9.90. The van der Waals surface area contributed by atoms with Gasteiger partial charge in [-0.1, -0.05) is 39.8 Å². The number of hydrogen-bond acceptors (Lipinski definition) is 2. The summed E-state index contributed by atoms with van der Waals surface area (Å²) in [7, 11) is 1.74. The van der Waals surface area contributed by atoms with Gasteiger partial charge >= 0.3 is 0 Å². The molecule has 0 saturated carbocycles. The van der Waals surface area contributed by atoms with Gasteiger partial charge in [0.1, 0.15) is 5.75 Å². The zero-order valence-electron chi connectivity index (χ0n) is 15.3. The zero-order valence-corrected chi connectivity index (χ0v) is 15.3. The standard InChI is InChI=1S/C21H30O2/c1-13(2)18-11-16-8-7-15(5)17(9-10-20(22)14(3)4)19(16)12-21(18)23-6/h7-8,11-14,20,22H,9-10H2,1-6H3. The molecule has 0 amide bonds. The number of fused-ring (bicyclic) bond motifs is 1. The fraction of sp³-hybridized carbons (Fsp3) is 0.524. The topological polar surface area (TPSA) is 29.5 Å². The Morgan fingerprint density at radius 1 is 1.09 bits per heavy atom. The predicted octanol–water partition coefficient (Wildman–Crippen LogP) is 5.23. The van der Waals surface area contributed by atoms with Crippen molar-refractivity contribution in [2.24, 2.45) is 5.92 Å². The second kappa shape index (κ2) is 7.35. The van der Waals surface area contributed by atoms with Gasteiger partial charge in [0.05, 0.1) is 13.2 Å². The molecule has 1 atom stereocenters. The molecule has 0 aliphatic heterocycles. The molecule has 1 N–H and O–H groups in total. The van der Waals surface area contributed by atoms with Crippen molar-refractivity contribution in [2.45, 2.75) is 59.5 Å². The van der Waals surface area contributed by atoms with E-state index in [1.807, 2.05) is 0 Å². The monoisotopic (exact) mass is 314 g/mol. The Balaban J connectivity index is 2.49. The van der Waals surface area contributed by atoms with E-state index >= 15 is 0 Å². The normalized spacial score (nSPS) is 13.1. The van der Waals surface area contributed by atoms with Crippen molar-refractivity contribution in [3.05, 3.63) is 41.0 Å². The Morgan fingerprint density at radius 2 is 1.78 bits per heavy atom. The highest BCUT2D eigenvalue weighted by atomic mass is 16.5. The zero-order chi connectivity index (χ0) is 17.1. The molecule has 0 aromatic heterocycles. The summed E-state index contributed by atoms with van der Waals surface area (Å²) in [6.45, 7) is 10.7. The molecule has 0 bridgehead atoms. The van der Waals surface area contributed by atoms with Crippen molar-refractivity contribution in [3.63, 3.8) is 0 Å². The molecule has 1 unspecified atom stereocenters. The van der Waals surface area contributed by atoms with Gasteiger partial charge < -0.3 is 9.84 Å². The molecule has 0 aliphatic carbocycles. The van der Waals surface area contributed by atoms with Crippen LogP contribution in [0.2, 0.25) is 0 Å². The molecule has 0 fully saturated rings. The van der Waals surface area contributed by atoms with Crippen LogP contribution in [0.3, 0.4) is 0 Å². The first-order valence-corrected chi connectivity index (χ1v) is 8.63. The Morgan fingerprint density at radius 3 is 2.35 bits per heavy atom. The van der Waals surface area contributed by atoms with Crippen LogP contribution >= 0.6 is 0 Å². The van der Waals surface area contributed by atoms with Gasteiger partial charge in [-0.05, 0) is 71.2 Å². The van der Waals surface area contributed by atoms with Gasteiger partial charge in [-0.2, -0.15) is 0 Å². The van der Waals surface area contributed by atoms with Gasteiger partial charge in [-0.15, -0.1) is 0 Å². The molecule has 2 aromatic carbocycles. The van der Waals surface area contributed by atoms with E-state index in [1.165, 1.54) is 27.5 Å². The molecule has 2 aromatic rings. The molecule has 126 valence electrons. The summed E-state index contributed by atoms with van der Waals surface area (Å²) in [4.78, 5) is 0. The van der Waals surface area contributed by atoms with Crippen LogP contribution in [0.4, 0.5) is 0 Å². The number of aliphatic hydroxyl groups excluding tert-OH is 1. The maximum atomic E-state index is 10.1. The SMILES string of the molecule is COc1cc2c(CCC(O)C(C)C)c(C)ccc2cc1C(C)C. The average molecular weight is 314 g/mol. The summed E-state index contributed by atoms with van der Waals surface area (Å²) in [6, 6.07) is 8.81. The molecular weight excluding hydrogens is 284 g/mol. The van der Waals surface area contributed by atoms with Gasteiger partial charge in [0.15, 0.2) is 0 Å². The fourth-order valence-electron chi connectivity index (χ4n) is 3.13. The first-order chi connectivity index (χ1) is 10.8. The number of hydrogen-bond donors (Lipinski definition) is 1. The first kappa shape index (κ1) is 17.8. The highest BCUT2D eigenvalue weighted by Gasteiger charge is 2.15. The van der Waals surface area contributed by atoms with Crippen LogP contribution in [0.5, 0.6) is 5.75 Å². The summed E-state index contributed by atoms with van der Waals surface area (Å²) in [6.07, 6.45) is 1.44. The van der Waals surface area contributed by atoms with Crippen molar-refractivity contribution >= 4 is 10.8 Å². The average Bonchev–Trinajstić information content (AvgIpc) is 2.52. The third-order valence-electron chi connectivity index (χ3n) is 4.80. The molecule has 0 heterocycles. The van der Waals surface area contributed by atoms with E-state index in [1.54, 1.807) is 7.11 Å². The van der Waals surface area contributed by atoms with Gasteiger partial charge in [0.25, 0.3) is 0 Å². The molecule has 0 aliphatic rings. The number of methoxy groups -OCH3 is 1. The molecular formula is C21H30O2. The molecule has 2 nitrogen and oxygen atoms in total. The second-order valence-electron chi connectivity index (χ2n) is 7.18. The lowest BCUT2D eigenvalue weighted by Gasteiger charge is -2.18. The van der Waals surface area contributed by atoms with E-state index in [4.69, 9.17) is 4.74 Å². The van der Waals surface area contributed by atoms with Crippen molar-refractivity contribution < 1.29 is 9.84 Å². The van der Waals surface area contributed by atoms with Crippen LogP contribution in [-0.2, 0) is 6.42 Å². The van der Waals surface area contributed by atoms with E-state index in [0.717, 1.165) is 18.6 Å². The number of benzene rings is 2. The third-order valence-corrected chi connectivity index (χ3v) is 4.80. The maximum absolute atomic E-state index is 10.1. The smallest absolute Gasteiger partial charge is 0.122 e.